The lowest BCUT2D eigenvalue weighted by atomic mass is 10.1. The van der Waals surface area contributed by atoms with Crippen LogP contribution in [0.25, 0.3) is 0 Å². The zero-order valence-electron chi connectivity index (χ0n) is 17.3. The number of esters is 2. The van der Waals surface area contributed by atoms with Crippen LogP contribution in [0.15, 0.2) is 36.4 Å². The van der Waals surface area contributed by atoms with Crippen molar-refractivity contribution >= 4 is 17.8 Å². The fourth-order valence-electron chi connectivity index (χ4n) is 2.78. The average Bonchev–Trinajstić information content (AvgIpc) is 2.72. The minimum absolute atomic E-state index is 0.126. The largest absolute Gasteiger partial charge is 0.484 e. The van der Waals surface area contributed by atoms with Crippen molar-refractivity contribution in [3.63, 3.8) is 0 Å². The first kappa shape index (κ1) is 21.9. The van der Waals surface area contributed by atoms with Crippen molar-refractivity contribution in [1.29, 1.82) is 0 Å². The van der Waals surface area contributed by atoms with Crippen LogP contribution in [0.4, 0.5) is 0 Å². The molecule has 7 nitrogen and oxygen atoms in total. The molecule has 0 saturated heterocycles. The fourth-order valence-corrected chi connectivity index (χ4v) is 2.78. The molecule has 0 N–H and O–H groups in total. The zero-order chi connectivity index (χ0) is 21.6. The Balaban J connectivity index is 2.09. The van der Waals surface area contributed by atoms with E-state index in [4.69, 9.17) is 4.74 Å². The van der Waals surface area contributed by atoms with Crippen molar-refractivity contribution in [2.24, 2.45) is 0 Å². The molecule has 29 heavy (non-hydrogen) atoms. The quantitative estimate of drug-likeness (QED) is 0.666. The van der Waals surface area contributed by atoms with Gasteiger partial charge in [-0.1, -0.05) is 23.8 Å². The van der Waals surface area contributed by atoms with Gasteiger partial charge in [-0.2, -0.15) is 0 Å². The third-order valence-electron chi connectivity index (χ3n) is 4.44. The molecule has 2 aromatic carbocycles. The molecule has 0 aliphatic carbocycles. The van der Waals surface area contributed by atoms with Crippen LogP contribution in [0, 0.1) is 13.8 Å². The van der Waals surface area contributed by atoms with E-state index in [1.165, 1.54) is 32.4 Å². The second-order valence-corrected chi connectivity index (χ2v) is 6.70. The fraction of sp³-hybridized carbons (Fsp3) is 0.318. The number of aryl methyl sites for hydroxylation is 2. The molecule has 0 atom stereocenters. The van der Waals surface area contributed by atoms with Crippen LogP contribution in [0.2, 0.25) is 0 Å². The Hall–Kier alpha value is -3.35. The summed E-state index contributed by atoms with van der Waals surface area (Å²) in [6.07, 6.45) is 0. The lowest BCUT2D eigenvalue weighted by Crippen LogP contribution is -2.31. The second kappa shape index (κ2) is 9.73. The molecule has 0 unspecified atom stereocenters. The number of rotatable bonds is 7. The number of hydrogen-bond acceptors (Lipinski definition) is 6. The summed E-state index contributed by atoms with van der Waals surface area (Å²) in [4.78, 5) is 37.7. The summed E-state index contributed by atoms with van der Waals surface area (Å²) >= 11 is 0. The van der Waals surface area contributed by atoms with Crippen molar-refractivity contribution in [1.82, 2.24) is 4.90 Å². The Morgan fingerprint density at radius 3 is 2.00 bits per heavy atom. The molecule has 0 radical (unpaired) electrons. The Kier molecular flexibility index (Phi) is 7.36. The molecule has 2 aromatic rings. The Morgan fingerprint density at radius 1 is 0.897 bits per heavy atom. The maximum absolute atomic E-state index is 12.5. The predicted octanol–water partition coefficient (Wildman–Crippen LogP) is 2.91. The number of methoxy groups -OCH3 is 2. The van der Waals surface area contributed by atoms with Crippen LogP contribution in [0.5, 0.6) is 5.75 Å². The van der Waals surface area contributed by atoms with E-state index < -0.39 is 11.9 Å². The molecule has 154 valence electrons. The average molecular weight is 399 g/mol. The van der Waals surface area contributed by atoms with Crippen molar-refractivity contribution in [2.75, 3.05) is 27.9 Å². The Labute approximate surface area is 170 Å². The smallest absolute Gasteiger partial charge is 0.338 e. The SMILES string of the molecule is COC(=O)c1cc(OCC(=O)N(C)Cc2ccc(C)cc2C)cc(C(=O)OC)c1. The van der Waals surface area contributed by atoms with Crippen molar-refractivity contribution in [3.05, 3.63) is 64.2 Å². The van der Waals surface area contributed by atoms with Gasteiger partial charge >= 0.3 is 11.9 Å². The summed E-state index contributed by atoms with van der Waals surface area (Å²) < 4.78 is 14.9. The summed E-state index contributed by atoms with van der Waals surface area (Å²) in [5.41, 5.74) is 3.57. The molecule has 0 fully saturated rings. The third kappa shape index (κ3) is 5.81. The number of benzene rings is 2. The lowest BCUT2D eigenvalue weighted by Gasteiger charge is -2.19. The molecule has 0 bridgehead atoms. The number of likely N-dealkylation sites (N-methyl/N-ethyl adjacent to an activating group) is 1. The molecule has 7 heteroatoms. The topological polar surface area (TPSA) is 82.1 Å². The van der Waals surface area contributed by atoms with Crippen molar-refractivity contribution in [3.8, 4) is 5.75 Å². The van der Waals surface area contributed by atoms with Gasteiger partial charge in [-0.25, -0.2) is 9.59 Å². The van der Waals surface area contributed by atoms with Gasteiger partial charge in [-0.15, -0.1) is 0 Å². The van der Waals surface area contributed by atoms with E-state index in [1.807, 2.05) is 26.0 Å². The summed E-state index contributed by atoms with van der Waals surface area (Å²) in [5.74, 6) is -1.30. The number of carbonyl (C=O) groups is 3. The van der Waals surface area contributed by atoms with Crippen LogP contribution < -0.4 is 4.74 Å². The van der Waals surface area contributed by atoms with E-state index in [0.717, 1.165) is 16.7 Å². The standard InChI is InChI=1S/C22H25NO6/c1-14-6-7-16(15(2)8-14)12-23(3)20(24)13-29-19-10-17(21(25)27-4)9-18(11-19)22(26)28-5/h6-11H,12-13H2,1-5H3. The van der Waals surface area contributed by atoms with Gasteiger partial charge in [0.2, 0.25) is 0 Å². The van der Waals surface area contributed by atoms with Crippen LogP contribution in [0.1, 0.15) is 37.4 Å². The van der Waals surface area contributed by atoms with E-state index in [2.05, 4.69) is 15.5 Å². The predicted molar refractivity (Wildman–Crippen MR) is 107 cm³/mol. The molecule has 0 saturated carbocycles. The van der Waals surface area contributed by atoms with Crippen LogP contribution in [-0.4, -0.2) is 50.6 Å². The van der Waals surface area contributed by atoms with E-state index in [9.17, 15) is 14.4 Å². The normalized spacial score (nSPS) is 10.2. The number of nitrogens with zero attached hydrogens (tertiary/aromatic N) is 1. The van der Waals surface area contributed by atoms with Gasteiger partial charge in [-0.3, -0.25) is 4.79 Å². The van der Waals surface area contributed by atoms with Gasteiger partial charge in [0.15, 0.2) is 6.61 Å². The summed E-state index contributed by atoms with van der Waals surface area (Å²) in [5, 5.41) is 0. The van der Waals surface area contributed by atoms with Gasteiger partial charge in [0.1, 0.15) is 5.75 Å². The Bertz CT molecular complexity index is 887. The van der Waals surface area contributed by atoms with Crippen LogP contribution in [0.3, 0.4) is 0 Å². The molecule has 0 aromatic heterocycles. The number of hydrogen-bond donors (Lipinski definition) is 0. The van der Waals surface area contributed by atoms with Gasteiger partial charge in [-0.05, 0) is 43.2 Å². The van der Waals surface area contributed by atoms with Gasteiger partial charge < -0.3 is 19.1 Å². The minimum atomic E-state index is -0.626. The molecule has 0 aliphatic rings. The highest BCUT2D eigenvalue weighted by molar-refractivity contribution is 5.96. The minimum Gasteiger partial charge on any atom is -0.484 e. The number of carbonyl (C=O) groups excluding carboxylic acids is 3. The summed E-state index contributed by atoms with van der Waals surface area (Å²) in [6.45, 7) is 4.23. The highest BCUT2D eigenvalue weighted by atomic mass is 16.5. The monoisotopic (exact) mass is 399 g/mol. The van der Waals surface area contributed by atoms with Gasteiger partial charge in [0.05, 0.1) is 25.3 Å². The third-order valence-corrected chi connectivity index (χ3v) is 4.44. The highest BCUT2D eigenvalue weighted by Crippen LogP contribution is 2.19. The van der Waals surface area contributed by atoms with Gasteiger partial charge in [0, 0.05) is 13.6 Å². The molecule has 0 heterocycles. The Morgan fingerprint density at radius 2 is 1.48 bits per heavy atom. The number of ether oxygens (including phenoxy) is 3. The van der Waals surface area contributed by atoms with E-state index in [1.54, 1.807) is 11.9 Å². The van der Waals surface area contributed by atoms with E-state index in [0.29, 0.717) is 6.54 Å². The summed E-state index contributed by atoms with van der Waals surface area (Å²) in [7, 11) is 4.16. The second-order valence-electron chi connectivity index (χ2n) is 6.70. The first-order chi connectivity index (χ1) is 13.7. The first-order valence-electron chi connectivity index (χ1n) is 8.99. The van der Waals surface area contributed by atoms with E-state index in [-0.39, 0.29) is 29.4 Å². The lowest BCUT2D eigenvalue weighted by molar-refractivity contribution is -0.132. The summed E-state index contributed by atoms with van der Waals surface area (Å²) in [6, 6.07) is 10.2. The van der Waals surface area contributed by atoms with Crippen LogP contribution in [-0.2, 0) is 20.8 Å². The maximum Gasteiger partial charge on any atom is 0.338 e. The first-order valence-corrected chi connectivity index (χ1v) is 8.99. The molecular formula is C22H25NO6. The molecule has 0 spiro atoms. The number of amides is 1. The van der Waals surface area contributed by atoms with Gasteiger partial charge in [0.25, 0.3) is 5.91 Å². The van der Waals surface area contributed by atoms with E-state index >= 15 is 0 Å². The van der Waals surface area contributed by atoms with Crippen molar-refractivity contribution < 1.29 is 28.6 Å². The molecular weight excluding hydrogens is 374 g/mol. The zero-order valence-corrected chi connectivity index (χ0v) is 17.3. The molecule has 1 amide bonds. The van der Waals surface area contributed by atoms with Crippen molar-refractivity contribution in [2.45, 2.75) is 20.4 Å². The molecule has 0 aliphatic heterocycles. The highest BCUT2D eigenvalue weighted by Gasteiger charge is 2.16. The maximum atomic E-state index is 12.5. The molecule has 2 rings (SSSR count). The van der Waals surface area contributed by atoms with Crippen LogP contribution >= 0.6 is 0 Å².